The molecule has 2 unspecified atom stereocenters. The first-order chi connectivity index (χ1) is 16.8. The Kier molecular flexibility index (Phi) is 5.13. The second-order valence-electron chi connectivity index (χ2n) is 10.3. The van der Waals surface area contributed by atoms with Crippen LogP contribution >= 0.6 is 0 Å². The molecule has 190 valence electrons. The molecular weight excluding hydrogens is 470 g/mol. The Morgan fingerprint density at radius 2 is 1.83 bits per heavy atom. The largest absolute Gasteiger partial charge is 0.423 e. The summed E-state index contributed by atoms with van der Waals surface area (Å²) < 4.78 is 5.52. The molecule has 36 heavy (non-hydrogen) atoms. The number of oxazole rings is 1. The van der Waals surface area contributed by atoms with Crippen molar-refractivity contribution in [1.82, 2.24) is 9.88 Å². The zero-order valence-electron chi connectivity index (χ0n) is 20.3. The quantitative estimate of drug-likeness (QED) is 0.439. The topological polar surface area (TPSA) is 190 Å². The van der Waals surface area contributed by atoms with Gasteiger partial charge in [0.05, 0.1) is 17.5 Å². The van der Waals surface area contributed by atoms with Gasteiger partial charge in [0, 0.05) is 25.7 Å². The molecule has 12 heteroatoms. The van der Waals surface area contributed by atoms with Crippen molar-refractivity contribution in [2.75, 3.05) is 38.8 Å². The van der Waals surface area contributed by atoms with Crippen LogP contribution in [0.2, 0.25) is 0 Å². The maximum absolute atomic E-state index is 13.9. The summed E-state index contributed by atoms with van der Waals surface area (Å²) in [5, 5.41) is 11.6. The number of aliphatic hydroxyl groups is 1. The highest BCUT2D eigenvalue weighted by Gasteiger charge is 2.69. The van der Waals surface area contributed by atoms with Gasteiger partial charge in [-0.05, 0) is 44.5 Å². The monoisotopic (exact) mass is 497 g/mol. The summed E-state index contributed by atoms with van der Waals surface area (Å²) in [5.74, 6) is -9.99. The van der Waals surface area contributed by atoms with Gasteiger partial charge in [-0.3, -0.25) is 28.9 Å². The third-order valence-corrected chi connectivity index (χ3v) is 7.92. The number of primary amides is 1. The number of nitrogens with zero attached hydrogens (tertiary/aromatic N) is 3. The van der Waals surface area contributed by atoms with Crippen molar-refractivity contribution in [1.29, 1.82) is 0 Å². The minimum Gasteiger partial charge on any atom is -0.423 e. The van der Waals surface area contributed by atoms with Gasteiger partial charge in [-0.2, -0.15) is 4.98 Å². The average Bonchev–Trinajstić information content (AvgIpc) is 3.14. The number of nitrogens with two attached hydrogens (primary N) is 2. The molecular formula is C24H27N5O7. The van der Waals surface area contributed by atoms with Gasteiger partial charge >= 0.3 is 0 Å². The van der Waals surface area contributed by atoms with Crippen LogP contribution in [-0.4, -0.2) is 83.9 Å². The molecule has 1 aromatic carbocycles. The van der Waals surface area contributed by atoms with Crippen LogP contribution in [0.25, 0.3) is 11.1 Å². The van der Waals surface area contributed by atoms with Crippen molar-refractivity contribution in [3.63, 3.8) is 0 Å². The number of Topliss-reactive ketones (excluding diaryl/α,β-unsaturated/α-hetero) is 4. The molecule has 3 aliphatic rings. The van der Waals surface area contributed by atoms with E-state index >= 15 is 0 Å². The fraction of sp³-hybridized carbons (Fsp3) is 0.500. The summed E-state index contributed by atoms with van der Waals surface area (Å²) >= 11 is 0. The second-order valence-corrected chi connectivity index (χ2v) is 10.3. The molecule has 12 nitrogen and oxygen atoms in total. The number of amides is 1. The molecule has 2 fully saturated rings. The van der Waals surface area contributed by atoms with Gasteiger partial charge in [0.25, 0.3) is 6.01 Å². The van der Waals surface area contributed by atoms with Gasteiger partial charge in [0.1, 0.15) is 5.52 Å². The first kappa shape index (κ1) is 24.1. The van der Waals surface area contributed by atoms with Crippen molar-refractivity contribution >= 4 is 51.8 Å². The second kappa shape index (κ2) is 7.68. The summed E-state index contributed by atoms with van der Waals surface area (Å²) in [7, 11) is 6.72. The molecule has 0 spiro atoms. The number of aromatic nitrogens is 1. The number of benzene rings is 1. The van der Waals surface area contributed by atoms with E-state index in [1.165, 1.54) is 4.90 Å². The van der Waals surface area contributed by atoms with Crippen LogP contribution in [-0.2, 0) is 25.6 Å². The summed E-state index contributed by atoms with van der Waals surface area (Å²) in [6.45, 7) is 0. The van der Waals surface area contributed by atoms with Crippen LogP contribution in [0.4, 0.5) is 11.7 Å². The van der Waals surface area contributed by atoms with E-state index in [0.29, 0.717) is 16.8 Å². The lowest BCUT2D eigenvalue weighted by Gasteiger charge is -2.52. The molecule has 3 aliphatic carbocycles. The number of carbonyl (C=O) groups excluding carboxylic acids is 5. The first-order valence-corrected chi connectivity index (χ1v) is 11.5. The predicted molar refractivity (Wildman–Crippen MR) is 126 cm³/mol. The Morgan fingerprint density at radius 3 is 2.42 bits per heavy atom. The van der Waals surface area contributed by atoms with Crippen LogP contribution < -0.4 is 16.4 Å². The summed E-state index contributed by atoms with van der Waals surface area (Å²) in [6.07, 6.45) is 0.295. The number of hydrogen-bond acceptors (Lipinski definition) is 11. The molecule has 2 aromatic rings. The van der Waals surface area contributed by atoms with E-state index in [-0.39, 0.29) is 30.0 Å². The molecule has 2 saturated carbocycles. The van der Waals surface area contributed by atoms with E-state index in [1.54, 1.807) is 34.3 Å². The fourth-order valence-electron chi connectivity index (χ4n) is 6.46. The highest BCUT2D eigenvalue weighted by Crippen LogP contribution is 2.51. The predicted octanol–water partition coefficient (Wildman–Crippen LogP) is -1.05. The van der Waals surface area contributed by atoms with Gasteiger partial charge < -0.3 is 25.9 Å². The van der Waals surface area contributed by atoms with Crippen LogP contribution in [0.1, 0.15) is 22.3 Å². The van der Waals surface area contributed by atoms with E-state index in [2.05, 4.69) is 4.98 Å². The lowest BCUT2D eigenvalue weighted by molar-refractivity contribution is -0.181. The number of rotatable bonds is 3. The van der Waals surface area contributed by atoms with Gasteiger partial charge in [0.15, 0.2) is 40.2 Å². The molecule has 6 atom stereocenters. The first-order valence-electron chi connectivity index (χ1n) is 11.5. The number of carbonyl (C=O) groups is 5. The van der Waals surface area contributed by atoms with Crippen molar-refractivity contribution in [3.8, 4) is 0 Å². The summed E-state index contributed by atoms with van der Waals surface area (Å²) in [4.78, 5) is 73.8. The van der Waals surface area contributed by atoms with Gasteiger partial charge in [-0.25, -0.2) is 0 Å². The highest BCUT2D eigenvalue weighted by molar-refractivity contribution is 6.32. The lowest BCUT2D eigenvalue weighted by atomic mass is 9.52. The molecule has 1 amide bonds. The normalized spacial score (nSPS) is 31.9. The Labute approximate surface area is 205 Å². The third kappa shape index (κ3) is 2.94. The third-order valence-electron chi connectivity index (χ3n) is 7.92. The molecule has 0 saturated heterocycles. The maximum atomic E-state index is 13.9. The lowest BCUT2D eigenvalue weighted by Crippen LogP contribution is -2.74. The van der Waals surface area contributed by atoms with E-state index in [0.717, 1.165) is 0 Å². The highest BCUT2D eigenvalue weighted by atomic mass is 16.4. The van der Waals surface area contributed by atoms with Crippen molar-refractivity contribution in [3.05, 3.63) is 17.2 Å². The number of ketones is 4. The minimum absolute atomic E-state index is 0.0351. The van der Waals surface area contributed by atoms with Gasteiger partial charge in [-0.15, -0.1) is 0 Å². The zero-order valence-corrected chi connectivity index (χ0v) is 20.3. The molecule has 0 aliphatic heterocycles. The number of nitrogen functional groups attached to an aromatic ring is 1. The zero-order chi connectivity index (χ0) is 26.4. The van der Waals surface area contributed by atoms with Crippen molar-refractivity contribution < 1.29 is 33.5 Å². The molecule has 0 radical (unpaired) electrons. The molecule has 1 heterocycles. The number of hydrogen-bond donors (Lipinski definition) is 3. The van der Waals surface area contributed by atoms with E-state index in [9.17, 15) is 29.1 Å². The number of likely N-dealkylation sites (N-methyl/N-ethyl adjacent to an activating group) is 1. The van der Waals surface area contributed by atoms with Crippen LogP contribution in [0.15, 0.2) is 10.5 Å². The Balaban J connectivity index is 1.71. The maximum Gasteiger partial charge on any atom is 0.293 e. The molecule has 5 N–H and O–H groups in total. The number of anilines is 2. The smallest absolute Gasteiger partial charge is 0.293 e. The SMILES string of the molecule is CN(C)c1cc2nc(N)oc2c2c1C[C@H]1C[C@H]3[C@H](N(C)C)C(=O)C(C(N)=O)C(=O)[C@@]3(O)C(=O)C1C2=O. The van der Waals surface area contributed by atoms with Gasteiger partial charge in [0.2, 0.25) is 5.91 Å². The summed E-state index contributed by atoms with van der Waals surface area (Å²) in [6, 6.07) is 0.485. The Hall–Kier alpha value is -3.64. The Morgan fingerprint density at radius 1 is 1.17 bits per heavy atom. The van der Waals surface area contributed by atoms with E-state index in [1.807, 2.05) is 4.90 Å². The van der Waals surface area contributed by atoms with E-state index in [4.69, 9.17) is 15.9 Å². The Bertz CT molecular complexity index is 1380. The fourth-order valence-corrected chi connectivity index (χ4v) is 6.46. The minimum atomic E-state index is -2.71. The van der Waals surface area contributed by atoms with Crippen molar-refractivity contribution in [2.45, 2.75) is 24.5 Å². The molecule has 0 bridgehead atoms. The van der Waals surface area contributed by atoms with Crippen LogP contribution in [0, 0.1) is 23.7 Å². The summed E-state index contributed by atoms with van der Waals surface area (Å²) in [5.41, 5.74) is 10.3. The van der Waals surface area contributed by atoms with Gasteiger partial charge in [-0.1, -0.05) is 0 Å². The van der Waals surface area contributed by atoms with Crippen molar-refractivity contribution in [2.24, 2.45) is 29.4 Å². The average molecular weight is 498 g/mol. The molecule has 5 rings (SSSR count). The standard InChI is InChI=1S/C24H27N5O7/c1-28(2)12-7-11-19(36-23(26)27-11)14-9(12)5-8-6-10-16(29(3)4)18(31)15(22(25)34)21(33)24(10,35)20(32)13(8)17(14)30/h7-8,10,13,15-16,35H,5-6H2,1-4H3,(H2,25,34)(H2,26,27)/t8-,10-,13?,15?,16-,24-/m0/s1. The van der Waals surface area contributed by atoms with Crippen LogP contribution in [0.3, 0.4) is 0 Å². The van der Waals surface area contributed by atoms with Crippen LogP contribution in [0.5, 0.6) is 0 Å². The van der Waals surface area contributed by atoms with E-state index < -0.39 is 64.4 Å². The molecule has 1 aromatic heterocycles. The number of fused-ring (bicyclic) bond motifs is 5.